The lowest BCUT2D eigenvalue weighted by atomic mass is 9.98. The summed E-state index contributed by atoms with van der Waals surface area (Å²) in [5, 5.41) is 9.80. The molecule has 1 fully saturated rings. The summed E-state index contributed by atoms with van der Waals surface area (Å²) in [6.07, 6.45) is 5.49. The number of piperidine rings is 1. The van der Waals surface area contributed by atoms with Gasteiger partial charge in [-0.2, -0.15) is 0 Å². The quantitative estimate of drug-likeness (QED) is 0.844. The van der Waals surface area contributed by atoms with Crippen molar-refractivity contribution in [2.24, 2.45) is 7.05 Å². The van der Waals surface area contributed by atoms with Crippen LogP contribution in [0, 0.1) is 0 Å². The molecular weight excluding hydrogens is 200 g/mol. The van der Waals surface area contributed by atoms with Gasteiger partial charge in [-0.25, -0.2) is 0 Å². The monoisotopic (exact) mass is 222 g/mol. The Balaban J connectivity index is 2.04. The summed E-state index contributed by atoms with van der Waals surface area (Å²) < 4.78 is 2.16. The fourth-order valence-corrected chi connectivity index (χ4v) is 2.63. The standard InChI is InChI=1S/C13H22N2O/c1-11(16)13-7-3-4-9-15(13)10-12-6-5-8-14(12)2/h5-6,8,11,13,16H,3-4,7,9-10H2,1-2H3. The van der Waals surface area contributed by atoms with Crippen molar-refractivity contribution in [1.82, 2.24) is 9.47 Å². The van der Waals surface area contributed by atoms with E-state index in [2.05, 4.69) is 34.8 Å². The van der Waals surface area contributed by atoms with Gasteiger partial charge in [0.2, 0.25) is 0 Å². The summed E-state index contributed by atoms with van der Waals surface area (Å²) in [6.45, 7) is 3.98. The maximum Gasteiger partial charge on any atom is 0.0667 e. The van der Waals surface area contributed by atoms with Gasteiger partial charge in [-0.05, 0) is 38.4 Å². The molecule has 16 heavy (non-hydrogen) atoms. The van der Waals surface area contributed by atoms with Crippen molar-refractivity contribution in [3.63, 3.8) is 0 Å². The Labute approximate surface area is 97.7 Å². The molecule has 1 aromatic rings. The molecule has 1 aromatic heterocycles. The zero-order valence-corrected chi connectivity index (χ0v) is 10.3. The molecule has 2 atom stereocenters. The molecule has 1 aliphatic heterocycles. The van der Waals surface area contributed by atoms with E-state index in [1.165, 1.54) is 18.5 Å². The van der Waals surface area contributed by atoms with Crippen LogP contribution < -0.4 is 0 Å². The van der Waals surface area contributed by atoms with Gasteiger partial charge < -0.3 is 9.67 Å². The van der Waals surface area contributed by atoms with E-state index in [4.69, 9.17) is 0 Å². The summed E-state index contributed by atoms with van der Waals surface area (Å²) in [7, 11) is 2.08. The van der Waals surface area contributed by atoms with E-state index >= 15 is 0 Å². The van der Waals surface area contributed by atoms with Gasteiger partial charge in [0.1, 0.15) is 0 Å². The number of aliphatic hydroxyl groups excluding tert-OH is 1. The third-order valence-corrected chi connectivity index (χ3v) is 3.64. The first-order valence-electron chi connectivity index (χ1n) is 6.21. The lowest BCUT2D eigenvalue weighted by molar-refractivity contribution is 0.0305. The number of hydrogen-bond donors (Lipinski definition) is 1. The van der Waals surface area contributed by atoms with Gasteiger partial charge in [-0.3, -0.25) is 4.90 Å². The van der Waals surface area contributed by atoms with Crippen LogP contribution in [0.4, 0.5) is 0 Å². The lowest BCUT2D eigenvalue weighted by Gasteiger charge is -2.37. The Hall–Kier alpha value is -0.800. The highest BCUT2D eigenvalue weighted by Crippen LogP contribution is 2.21. The molecule has 0 bridgehead atoms. The minimum absolute atomic E-state index is 0.222. The van der Waals surface area contributed by atoms with Crippen LogP contribution >= 0.6 is 0 Å². The SMILES string of the molecule is CC(O)C1CCCCN1Cc1cccn1C. The first-order valence-corrected chi connectivity index (χ1v) is 6.21. The van der Waals surface area contributed by atoms with Crippen molar-refractivity contribution < 1.29 is 5.11 Å². The number of nitrogens with zero attached hydrogens (tertiary/aromatic N) is 2. The Morgan fingerprint density at radius 2 is 2.31 bits per heavy atom. The van der Waals surface area contributed by atoms with E-state index in [9.17, 15) is 5.11 Å². The molecule has 2 unspecified atom stereocenters. The van der Waals surface area contributed by atoms with Crippen LogP contribution in [0.2, 0.25) is 0 Å². The molecule has 0 saturated carbocycles. The molecule has 1 aliphatic rings. The molecule has 2 heterocycles. The van der Waals surface area contributed by atoms with Crippen molar-refractivity contribution in [1.29, 1.82) is 0 Å². The molecular formula is C13H22N2O. The fraction of sp³-hybridized carbons (Fsp3) is 0.692. The Morgan fingerprint density at radius 1 is 1.50 bits per heavy atom. The number of likely N-dealkylation sites (tertiary alicyclic amines) is 1. The zero-order chi connectivity index (χ0) is 11.5. The molecule has 0 amide bonds. The van der Waals surface area contributed by atoms with Gasteiger partial charge in [0, 0.05) is 31.5 Å². The predicted molar refractivity (Wildman–Crippen MR) is 65.1 cm³/mol. The van der Waals surface area contributed by atoms with Gasteiger partial charge in [-0.15, -0.1) is 0 Å². The number of aliphatic hydroxyl groups is 1. The maximum atomic E-state index is 9.80. The van der Waals surface area contributed by atoms with Crippen LogP contribution in [0.15, 0.2) is 18.3 Å². The third kappa shape index (κ3) is 2.47. The number of aromatic nitrogens is 1. The van der Waals surface area contributed by atoms with E-state index in [-0.39, 0.29) is 6.10 Å². The van der Waals surface area contributed by atoms with Crippen LogP contribution in [0.1, 0.15) is 31.9 Å². The van der Waals surface area contributed by atoms with Crippen molar-refractivity contribution >= 4 is 0 Å². The second-order valence-corrected chi connectivity index (χ2v) is 4.88. The van der Waals surface area contributed by atoms with Gasteiger partial charge >= 0.3 is 0 Å². The largest absolute Gasteiger partial charge is 0.392 e. The molecule has 0 aromatic carbocycles. The van der Waals surface area contributed by atoms with Crippen molar-refractivity contribution in [2.45, 2.75) is 44.9 Å². The summed E-state index contributed by atoms with van der Waals surface area (Å²) in [5.74, 6) is 0. The number of rotatable bonds is 3. The van der Waals surface area contributed by atoms with E-state index in [0.717, 1.165) is 19.5 Å². The molecule has 3 heteroatoms. The van der Waals surface area contributed by atoms with Crippen LogP contribution in [0.25, 0.3) is 0 Å². The lowest BCUT2D eigenvalue weighted by Crippen LogP contribution is -2.45. The maximum absolute atomic E-state index is 9.80. The molecule has 1 saturated heterocycles. The van der Waals surface area contributed by atoms with E-state index in [1.807, 2.05) is 6.92 Å². The predicted octanol–water partition coefficient (Wildman–Crippen LogP) is 1.76. The Bertz CT molecular complexity index is 332. The number of hydrogen-bond acceptors (Lipinski definition) is 2. The van der Waals surface area contributed by atoms with Crippen LogP contribution in [-0.2, 0) is 13.6 Å². The topological polar surface area (TPSA) is 28.4 Å². The second-order valence-electron chi connectivity index (χ2n) is 4.88. The van der Waals surface area contributed by atoms with E-state index in [1.54, 1.807) is 0 Å². The summed E-state index contributed by atoms with van der Waals surface area (Å²) in [6, 6.07) is 4.58. The number of aryl methyl sites for hydroxylation is 1. The molecule has 2 rings (SSSR count). The van der Waals surface area contributed by atoms with E-state index in [0.29, 0.717) is 6.04 Å². The minimum atomic E-state index is -0.222. The Morgan fingerprint density at radius 3 is 2.94 bits per heavy atom. The van der Waals surface area contributed by atoms with Gasteiger partial charge in [0.05, 0.1) is 6.10 Å². The van der Waals surface area contributed by atoms with Gasteiger partial charge in [0.15, 0.2) is 0 Å². The highest BCUT2D eigenvalue weighted by molar-refractivity contribution is 5.07. The van der Waals surface area contributed by atoms with Gasteiger partial charge in [-0.1, -0.05) is 6.42 Å². The first-order chi connectivity index (χ1) is 7.68. The van der Waals surface area contributed by atoms with Gasteiger partial charge in [0.25, 0.3) is 0 Å². The van der Waals surface area contributed by atoms with Crippen molar-refractivity contribution in [3.8, 4) is 0 Å². The smallest absolute Gasteiger partial charge is 0.0667 e. The van der Waals surface area contributed by atoms with Crippen molar-refractivity contribution in [3.05, 3.63) is 24.0 Å². The van der Waals surface area contributed by atoms with Crippen LogP contribution in [-0.4, -0.2) is 33.3 Å². The summed E-state index contributed by atoms with van der Waals surface area (Å²) in [5.41, 5.74) is 1.33. The molecule has 0 aliphatic carbocycles. The average molecular weight is 222 g/mol. The average Bonchev–Trinajstić information content (AvgIpc) is 2.65. The second kappa shape index (κ2) is 5.02. The molecule has 3 nitrogen and oxygen atoms in total. The van der Waals surface area contributed by atoms with Crippen LogP contribution in [0.5, 0.6) is 0 Å². The zero-order valence-electron chi connectivity index (χ0n) is 10.3. The summed E-state index contributed by atoms with van der Waals surface area (Å²) >= 11 is 0. The first kappa shape index (κ1) is 11.7. The molecule has 0 spiro atoms. The minimum Gasteiger partial charge on any atom is -0.392 e. The molecule has 0 radical (unpaired) electrons. The van der Waals surface area contributed by atoms with Crippen molar-refractivity contribution in [2.75, 3.05) is 6.54 Å². The van der Waals surface area contributed by atoms with Crippen LogP contribution in [0.3, 0.4) is 0 Å². The summed E-state index contributed by atoms with van der Waals surface area (Å²) in [4.78, 5) is 2.42. The fourth-order valence-electron chi connectivity index (χ4n) is 2.63. The van der Waals surface area contributed by atoms with E-state index < -0.39 is 0 Å². The highest BCUT2D eigenvalue weighted by atomic mass is 16.3. The Kier molecular flexibility index (Phi) is 3.66. The normalized spacial score (nSPS) is 24.6. The molecule has 1 N–H and O–H groups in total. The third-order valence-electron chi connectivity index (χ3n) is 3.64. The highest BCUT2D eigenvalue weighted by Gasteiger charge is 2.26. The molecule has 90 valence electrons.